The second kappa shape index (κ2) is 8.09. The van der Waals surface area contributed by atoms with Crippen molar-refractivity contribution in [3.05, 3.63) is 105 Å². The van der Waals surface area contributed by atoms with Crippen LogP contribution in [0, 0.1) is 6.92 Å². The van der Waals surface area contributed by atoms with E-state index in [4.69, 9.17) is 11.6 Å². The highest BCUT2D eigenvalue weighted by molar-refractivity contribution is 9.10. The smallest absolute Gasteiger partial charge is 0.300 e. The molecule has 4 rings (SSSR count). The van der Waals surface area contributed by atoms with E-state index in [2.05, 4.69) is 15.9 Å². The standard InChI is InChI=1S/C24H17BrClNO3/c1-14-7-12-18(13-19(14)26)27-21(15-8-10-17(25)11-9-15)20(23(29)24(27)30)22(28)16-5-3-2-4-6-16/h2-13,21,28H,1H3/t21-/m0/s1. The summed E-state index contributed by atoms with van der Waals surface area (Å²) < 4.78 is 0.865. The lowest BCUT2D eigenvalue weighted by molar-refractivity contribution is -0.132. The van der Waals surface area contributed by atoms with E-state index >= 15 is 0 Å². The molecule has 0 bridgehead atoms. The summed E-state index contributed by atoms with van der Waals surface area (Å²) in [6, 6.07) is 20.5. The SMILES string of the molecule is Cc1ccc(N2C(=O)C(=O)C(=C(O)c3ccccc3)[C@@H]2c2ccc(Br)cc2)cc1Cl. The number of nitrogens with zero attached hydrogens (tertiary/aromatic N) is 1. The molecule has 3 aromatic rings. The number of carbonyl (C=O) groups is 2. The highest BCUT2D eigenvalue weighted by Crippen LogP contribution is 2.43. The molecule has 0 radical (unpaired) electrons. The number of Topliss-reactive ketones (excluding diaryl/α,β-unsaturated/α-hetero) is 1. The molecular formula is C24H17BrClNO3. The largest absolute Gasteiger partial charge is 0.507 e. The zero-order valence-corrected chi connectivity index (χ0v) is 18.3. The molecule has 1 aliphatic rings. The number of aliphatic hydroxyl groups excluding tert-OH is 1. The van der Waals surface area contributed by atoms with Gasteiger partial charge in [-0.3, -0.25) is 14.5 Å². The molecule has 1 amide bonds. The molecule has 0 saturated carbocycles. The van der Waals surface area contributed by atoms with E-state index in [0.29, 0.717) is 21.8 Å². The van der Waals surface area contributed by atoms with Crippen molar-refractivity contribution in [1.82, 2.24) is 0 Å². The molecule has 150 valence electrons. The molecule has 1 heterocycles. The van der Waals surface area contributed by atoms with Crippen molar-refractivity contribution < 1.29 is 14.7 Å². The van der Waals surface area contributed by atoms with Gasteiger partial charge in [0.05, 0.1) is 11.6 Å². The lowest BCUT2D eigenvalue weighted by atomic mass is 9.95. The Kier molecular flexibility index (Phi) is 5.50. The minimum Gasteiger partial charge on any atom is -0.507 e. The maximum Gasteiger partial charge on any atom is 0.300 e. The number of rotatable bonds is 3. The average Bonchev–Trinajstić information content (AvgIpc) is 3.01. The Bertz CT molecular complexity index is 1170. The molecule has 0 spiro atoms. The summed E-state index contributed by atoms with van der Waals surface area (Å²) in [5, 5.41) is 11.5. The lowest BCUT2D eigenvalue weighted by Gasteiger charge is -2.26. The van der Waals surface area contributed by atoms with Crippen molar-refractivity contribution in [1.29, 1.82) is 0 Å². The maximum atomic E-state index is 13.1. The molecule has 1 fully saturated rings. The van der Waals surface area contributed by atoms with Gasteiger partial charge in [-0.15, -0.1) is 0 Å². The van der Waals surface area contributed by atoms with Gasteiger partial charge in [0.2, 0.25) is 0 Å². The Morgan fingerprint density at radius 1 is 1.00 bits per heavy atom. The predicted octanol–water partition coefficient (Wildman–Crippen LogP) is 6.04. The van der Waals surface area contributed by atoms with Crippen molar-refractivity contribution in [2.24, 2.45) is 0 Å². The normalized spacial score (nSPS) is 18.1. The van der Waals surface area contributed by atoms with Gasteiger partial charge in [0.15, 0.2) is 0 Å². The molecular weight excluding hydrogens is 466 g/mol. The molecule has 1 N–H and O–H groups in total. The number of aliphatic hydroxyl groups is 1. The molecule has 4 nitrogen and oxygen atoms in total. The molecule has 30 heavy (non-hydrogen) atoms. The third-order valence-corrected chi connectivity index (χ3v) is 6.05. The summed E-state index contributed by atoms with van der Waals surface area (Å²) in [5.74, 6) is -1.65. The summed E-state index contributed by atoms with van der Waals surface area (Å²) in [6.07, 6.45) is 0. The van der Waals surface area contributed by atoms with Crippen LogP contribution in [-0.2, 0) is 9.59 Å². The zero-order valence-electron chi connectivity index (χ0n) is 16.0. The Labute approximate surface area is 187 Å². The van der Waals surface area contributed by atoms with Crippen LogP contribution < -0.4 is 4.90 Å². The fourth-order valence-electron chi connectivity index (χ4n) is 3.54. The van der Waals surface area contributed by atoms with Crippen LogP contribution in [-0.4, -0.2) is 16.8 Å². The lowest BCUT2D eigenvalue weighted by Crippen LogP contribution is -2.29. The number of benzene rings is 3. The minimum absolute atomic E-state index is 0.0465. The minimum atomic E-state index is -0.780. The first-order valence-electron chi connectivity index (χ1n) is 9.26. The molecule has 1 atom stereocenters. The number of anilines is 1. The number of carbonyl (C=O) groups excluding carboxylic acids is 2. The number of ketones is 1. The molecule has 0 aliphatic carbocycles. The third kappa shape index (κ3) is 3.55. The van der Waals surface area contributed by atoms with Crippen LogP contribution in [0.1, 0.15) is 22.7 Å². The quantitative estimate of drug-likeness (QED) is 0.281. The zero-order chi connectivity index (χ0) is 21.4. The molecule has 1 aliphatic heterocycles. The van der Waals surface area contributed by atoms with E-state index < -0.39 is 17.7 Å². The van der Waals surface area contributed by atoms with Crippen LogP contribution >= 0.6 is 27.5 Å². The van der Waals surface area contributed by atoms with Crippen molar-refractivity contribution in [2.45, 2.75) is 13.0 Å². The summed E-state index contributed by atoms with van der Waals surface area (Å²) in [7, 11) is 0. The van der Waals surface area contributed by atoms with Crippen molar-refractivity contribution in [2.75, 3.05) is 4.90 Å². The monoisotopic (exact) mass is 481 g/mol. The highest BCUT2D eigenvalue weighted by Gasteiger charge is 2.47. The van der Waals surface area contributed by atoms with Gasteiger partial charge >= 0.3 is 0 Å². The molecule has 0 aromatic heterocycles. The van der Waals surface area contributed by atoms with Crippen molar-refractivity contribution in [3.63, 3.8) is 0 Å². The van der Waals surface area contributed by atoms with Crippen LogP contribution in [0.3, 0.4) is 0 Å². The second-order valence-corrected chi connectivity index (χ2v) is 8.34. The van der Waals surface area contributed by atoms with E-state index in [1.807, 2.05) is 37.3 Å². The van der Waals surface area contributed by atoms with Crippen LogP contribution in [0.5, 0.6) is 0 Å². The first-order valence-corrected chi connectivity index (χ1v) is 10.4. The number of halogens is 2. The molecule has 1 saturated heterocycles. The summed E-state index contributed by atoms with van der Waals surface area (Å²) >= 11 is 9.70. The first kappa shape index (κ1) is 20.4. The number of amides is 1. The summed E-state index contributed by atoms with van der Waals surface area (Å²) in [4.78, 5) is 27.5. The van der Waals surface area contributed by atoms with Crippen molar-refractivity contribution in [3.8, 4) is 0 Å². The summed E-state index contributed by atoms with van der Waals surface area (Å²) in [6.45, 7) is 1.86. The number of hydrogen-bond donors (Lipinski definition) is 1. The highest BCUT2D eigenvalue weighted by atomic mass is 79.9. The Hall–Kier alpha value is -2.89. The molecule has 3 aromatic carbocycles. The van der Waals surface area contributed by atoms with E-state index in [1.54, 1.807) is 42.5 Å². The van der Waals surface area contributed by atoms with Gasteiger partial charge in [0.25, 0.3) is 11.7 Å². The molecule has 6 heteroatoms. The fraction of sp³-hybridized carbons (Fsp3) is 0.0833. The number of aryl methyl sites for hydroxylation is 1. The number of hydrogen-bond acceptors (Lipinski definition) is 3. The van der Waals surface area contributed by atoms with Crippen LogP contribution in [0.15, 0.2) is 82.8 Å². The van der Waals surface area contributed by atoms with E-state index in [-0.39, 0.29) is 11.3 Å². The van der Waals surface area contributed by atoms with E-state index in [9.17, 15) is 14.7 Å². The van der Waals surface area contributed by atoms with Crippen LogP contribution in [0.4, 0.5) is 5.69 Å². The fourth-order valence-corrected chi connectivity index (χ4v) is 3.98. The van der Waals surface area contributed by atoms with Crippen LogP contribution in [0.2, 0.25) is 5.02 Å². The Morgan fingerprint density at radius 2 is 1.67 bits per heavy atom. The van der Waals surface area contributed by atoms with Gasteiger partial charge < -0.3 is 5.11 Å². The average molecular weight is 483 g/mol. The van der Waals surface area contributed by atoms with Gasteiger partial charge in [-0.1, -0.05) is 76.1 Å². The van der Waals surface area contributed by atoms with E-state index in [1.165, 1.54) is 4.90 Å². The van der Waals surface area contributed by atoms with Crippen molar-refractivity contribution >= 4 is 50.7 Å². The van der Waals surface area contributed by atoms with Gasteiger partial charge in [-0.25, -0.2) is 0 Å². The van der Waals surface area contributed by atoms with Gasteiger partial charge in [-0.05, 0) is 42.3 Å². The van der Waals surface area contributed by atoms with Gasteiger partial charge in [0.1, 0.15) is 5.76 Å². The van der Waals surface area contributed by atoms with Gasteiger partial charge in [-0.2, -0.15) is 0 Å². The molecule has 0 unspecified atom stereocenters. The van der Waals surface area contributed by atoms with E-state index in [0.717, 1.165) is 10.0 Å². The summed E-state index contributed by atoms with van der Waals surface area (Å²) in [5.41, 5.74) is 2.57. The first-order chi connectivity index (χ1) is 14.4. The topological polar surface area (TPSA) is 57.6 Å². The maximum absolute atomic E-state index is 13.1. The third-order valence-electron chi connectivity index (χ3n) is 5.11. The predicted molar refractivity (Wildman–Crippen MR) is 122 cm³/mol. The second-order valence-electron chi connectivity index (χ2n) is 7.02. The Balaban J connectivity index is 1.95. The van der Waals surface area contributed by atoms with Crippen LogP contribution in [0.25, 0.3) is 5.76 Å². The van der Waals surface area contributed by atoms with Gasteiger partial charge in [0, 0.05) is 20.7 Å². The Morgan fingerprint density at radius 3 is 2.30 bits per heavy atom.